The smallest absolute Gasteiger partial charge is 0.333 e. The predicted octanol–water partition coefficient (Wildman–Crippen LogP) is 3.07. The summed E-state index contributed by atoms with van der Waals surface area (Å²) in [7, 11) is 1.24. The highest BCUT2D eigenvalue weighted by atomic mass is 16.5. The van der Waals surface area contributed by atoms with Crippen LogP contribution in [0, 0.1) is 0 Å². The second-order valence-corrected chi connectivity index (χ2v) is 6.89. The number of rotatable bonds is 5. The Hall–Kier alpha value is -4.26. The fraction of sp³-hybridized carbons (Fsp3) is 0.0833. The first-order chi connectivity index (χ1) is 15.1. The third-order valence-corrected chi connectivity index (χ3v) is 4.88. The second-order valence-electron chi connectivity index (χ2n) is 6.89. The molecule has 7 nitrogen and oxygen atoms in total. The quantitative estimate of drug-likeness (QED) is 0.297. The summed E-state index contributed by atoms with van der Waals surface area (Å²) >= 11 is 0. The first kappa shape index (κ1) is 20.0. The first-order valence-electron chi connectivity index (χ1n) is 9.61. The summed E-state index contributed by atoms with van der Waals surface area (Å²) in [5.74, 6) is -1.11. The number of amides is 1. The van der Waals surface area contributed by atoms with E-state index >= 15 is 0 Å². The Morgan fingerprint density at radius 1 is 1.03 bits per heavy atom. The molecule has 2 N–H and O–H groups in total. The highest BCUT2D eigenvalue weighted by Gasteiger charge is 2.27. The molecule has 0 aliphatic rings. The standard InChI is InChI=1S/C24H19N3O4/c1-31-24(29)22(17-10-7-13-27(30)15-17)26-23(28)19-14-21(16-8-3-2-4-9-16)25-20-12-6-5-11-18(19)20/h2-15,22H,1H3,(H-,26,28,30)/p+1. The van der Waals surface area contributed by atoms with E-state index in [1.807, 2.05) is 54.6 Å². The van der Waals surface area contributed by atoms with Gasteiger partial charge in [-0.05, 0) is 18.2 Å². The monoisotopic (exact) mass is 414 g/mol. The Morgan fingerprint density at radius 3 is 2.52 bits per heavy atom. The highest BCUT2D eigenvalue weighted by molar-refractivity contribution is 6.08. The first-order valence-corrected chi connectivity index (χ1v) is 9.61. The number of nitrogens with zero attached hydrogens (tertiary/aromatic N) is 2. The lowest BCUT2D eigenvalue weighted by molar-refractivity contribution is -0.905. The van der Waals surface area contributed by atoms with Crippen LogP contribution in [0.1, 0.15) is 22.0 Å². The molecule has 154 valence electrons. The molecule has 1 unspecified atom stereocenters. The third kappa shape index (κ3) is 4.20. The van der Waals surface area contributed by atoms with Crippen molar-refractivity contribution in [1.82, 2.24) is 10.3 Å². The van der Waals surface area contributed by atoms with Gasteiger partial charge >= 0.3 is 5.97 Å². The topological polar surface area (TPSA) is 92.4 Å². The number of ether oxygens (including phenoxy) is 1. The minimum atomic E-state index is -1.09. The van der Waals surface area contributed by atoms with Crippen molar-refractivity contribution in [3.05, 3.63) is 96.3 Å². The summed E-state index contributed by atoms with van der Waals surface area (Å²) in [5.41, 5.74) is 2.94. The number of nitrogens with one attached hydrogen (secondary N) is 1. The minimum absolute atomic E-state index is 0.381. The molecule has 2 aromatic carbocycles. The summed E-state index contributed by atoms with van der Waals surface area (Å²) in [4.78, 5) is 30.4. The van der Waals surface area contributed by atoms with Gasteiger partial charge in [0.1, 0.15) is 0 Å². The Balaban J connectivity index is 1.78. The summed E-state index contributed by atoms with van der Waals surface area (Å²) in [6, 6.07) is 20.7. The maximum absolute atomic E-state index is 13.3. The molecule has 4 rings (SSSR count). The van der Waals surface area contributed by atoms with E-state index in [0.717, 1.165) is 10.3 Å². The van der Waals surface area contributed by atoms with Gasteiger partial charge in [0.05, 0.1) is 29.4 Å². The van der Waals surface area contributed by atoms with Crippen LogP contribution >= 0.6 is 0 Å². The van der Waals surface area contributed by atoms with Gasteiger partial charge in [-0.25, -0.2) is 9.78 Å². The summed E-state index contributed by atoms with van der Waals surface area (Å²) in [5, 5.41) is 13.1. The van der Waals surface area contributed by atoms with Gasteiger partial charge in [0, 0.05) is 21.7 Å². The van der Waals surface area contributed by atoms with Gasteiger partial charge in [-0.15, -0.1) is 0 Å². The highest BCUT2D eigenvalue weighted by Crippen LogP contribution is 2.25. The molecule has 2 aromatic heterocycles. The number of methoxy groups -OCH3 is 1. The maximum Gasteiger partial charge on any atom is 0.333 e. The van der Waals surface area contributed by atoms with Gasteiger partial charge in [-0.3, -0.25) is 10.0 Å². The molecule has 31 heavy (non-hydrogen) atoms. The maximum atomic E-state index is 13.3. The van der Waals surface area contributed by atoms with E-state index in [9.17, 15) is 14.8 Å². The largest absolute Gasteiger partial charge is 0.467 e. The molecule has 7 heteroatoms. The van der Waals surface area contributed by atoms with Gasteiger partial charge in [0.2, 0.25) is 12.4 Å². The summed E-state index contributed by atoms with van der Waals surface area (Å²) < 4.78 is 5.68. The molecule has 1 atom stereocenters. The Morgan fingerprint density at radius 2 is 1.77 bits per heavy atom. The van der Waals surface area contributed by atoms with Crippen LogP contribution in [-0.4, -0.2) is 29.2 Å². The van der Waals surface area contributed by atoms with Crippen LogP contribution in [0.4, 0.5) is 0 Å². The molecule has 0 spiro atoms. The number of fused-ring (bicyclic) bond motifs is 1. The van der Waals surface area contributed by atoms with E-state index in [0.29, 0.717) is 27.7 Å². The lowest BCUT2D eigenvalue weighted by Crippen LogP contribution is -2.37. The second kappa shape index (κ2) is 8.62. The Labute approximate surface area is 178 Å². The fourth-order valence-corrected chi connectivity index (χ4v) is 3.38. The van der Waals surface area contributed by atoms with Crippen molar-refractivity contribution in [2.24, 2.45) is 0 Å². The summed E-state index contributed by atoms with van der Waals surface area (Å²) in [6.07, 6.45) is 2.74. The van der Waals surface area contributed by atoms with Gasteiger partial charge in [-0.2, -0.15) is 0 Å². The molecule has 0 aliphatic heterocycles. The number of esters is 1. The van der Waals surface area contributed by atoms with Crippen molar-refractivity contribution in [2.75, 3.05) is 7.11 Å². The number of carbonyl (C=O) groups excluding carboxylic acids is 2. The van der Waals surface area contributed by atoms with Crippen molar-refractivity contribution in [3.8, 4) is 11.3 Å². The lowest BCUT2D eigenvalue weighted by atomic mass is 10.0. The van der Waals surface area contributed by atoms with Crippen LogP contribution in [0.25, 0.3) is 22.2 Å². The SMILES string of the molecule is COC(=O)C(NC(=O)c1cc(-c2ccccc2)nc2ccccc12)c1ccc[n+](O)c1. The molecule has 0 saturated carbocycles. The Kier molecular flexibility index (Phi) is 5.57. The number of aromatic nitrogens is 2. The molecule has 2 heterocycles. The van der Waals surface area contributed by atoms with Gasteiger partial charge < -0.3 is 10.1 Å². The minimum Gasteiger partial charge on any atom is -0.467 e. The van der Waals surface area contributed by atoms with Crippen molar-refractivity contribution in [3.63, 3.8) is 0 Å². The zero-order valence-electron chi connectivity index (χ0n) is 16.7. The molecule has 0 radical (unpaired) electrons. The van der Waals surface area contributed by atoms with E-state index in [1.165, 1.54) is 19.5 Å². The summed E-state index contributed by atoms with van der Waals surface area (Å²) in [6.45, 7) is 0. The molecule has 0 aliphatic carbocycles. The van der Waals surface area contributed by atoms with E-state index in [1.54, 1.807) is 18.2 Å². The van der Waals surface area contributed by atoms with Crippen LogP contribution < -0.4 is 10.0 Å². The third-order valence-electron chi connectivity index (χ3n) is 4.88. The zero-order chi connectivity index (χ0) is 21.8. The number of hydrogen-bond donors (Lipinski definition) is 2. The van der Waals surface area contributed by atoms with Crippen LogP contribution in [0.2, 0.25) is 0 Å². The number of hydrogen-bond acceptors (Lipinski definition) is 5. The molecule has 0 fully saturated rings. The van der Waals surface area contributed by atoms with Gasteiger partial charge in [0.25, 0.3) is 5.91 Å². The molecule has 1 amide bonds. The molecular weight excluding hydrogens is 394 g/mol. The van der Waals surface area contributed by atoms with Crippen LogP contribution in [-0.2, 0) is 9.53 Å². The van der Waals surface area contributed by atoms with Gasteiger partial charge in [0.15, 0.2) is 6.04 Å². The number of para-hydroxylation sites is 1. The van der Waals surface area contributed by atoms with Crippen molar-refractivity contribution in [2.45, 2.75) is 6.04 Å². The molecule has 0 saturated heterocycles. The van der Waals surface area contributed by atoms with Crippen LogP contribution in [0.3, 0.4) is 0 Å². The Bertz CT molecular complexity index is 1260. The molecule has 0 bridgehead atoms. The van der Waals surface area contributed by atoms with E-state index in [2.05, 4.69) is 10.3 Å². The number of pyridine rings is 2. The number of benzene rings is 2. The average molecular weight is 414 g/mol. The van der Waals surface area contributed by atoms with E-state index in [4.69, 9.17) is 4.74 Å². The average Bonchev–Trinajstić information content (AvgIpc) is 2.81. The van der Waals surface area contributed by atoms with Crippen molar-refractivity contribution >= 4 is 22.8 Å². The van der Waals surface area contributed by atoms with Crippen molar-refractivity contribution < 1.29 is 24.3 Å². The normalized spacial score (nSPS) is 11.6. The lowest BCUT2D eigenvalue weighted by Gasteiger charge is -2.17. The van der Waals surface area contributed by atoms with E-state index in [-0.39, 0.29) is 0 Å². The zero-order valence-corrected chi connectivity index (χ0v) is 16.7. The predicted molar refractivity (Wildman–Crippen MR) is 113 cm³/mol. The molecule has 4 aromatic rings. The number of carbonyl (C=O) groups is 2. The van der Waals surface area contributed by atoms with E-state index < -0.39 is 17.9 Å². The van der Waals surface area contributed by atoms with Crippen LogP contribution in [0.5, 0.6) is 0 Å². The molecular formula is C24H20N3O4+. The van der Waals surface area contributed by atoms with Crippen LogP contribution in [0.15, 0.2) is 85.2 Å². The fourth-order valence-electron chi connectivity index (χ4n) is 3.38. The van der Waals surface area contributed by atoms with Crippen molar-refractivity contribution in [1.29, 1.82) is 0 Å². The van der Waals surface area contributed by atoms with Gasteiger partial charge in [-0.1, -0.05) is 48.5 Å².